The number of aromatic nitrogens is 1. The van der Waals surface area contributed by atoms with Crippen LogP contribution in [0.1, 0.15) is 57.2 Å². The highest BCUT2D eigenvalue weighted by Gasteiger charge is 2.47. The lowest BCUT2D eigenvalue weighted by Crippen LogP contribution is -2.56. The average Bonchev–Trinajstić information content (AvgIpc) is 3.94. The highest BCUT2D eigenvalue weighted by Crippen LogP contribution is 2.55. The number of furan rings is 1. The molecule has 3 aliphatic rings. The zero-order chi connectivity index (χ0) is 36.7. The van der Waals surface area contributed by atoms with E-state index in [-0.39, 0.29) is 17.7 Å². The lowest BCUT2D eigenvalue weighted by molar-refractivity contribution is 0.332. The van der Waals surface area contributed by atoms with Crippen LogP contribution in [0.15, 0.2) is 114 Å². The van der Waals surface area contributed by atoms with Gasteiger partial charge in [0.05, 0.1) is 32.0 Å². The number of anilines is 3. The molecule has 3 nitrogen and oxygen atoms in total. The third-order valence-electron chi connectivity index (χ3n) is 13.6. The van der Waals surface area contributed by atoms with Crippen LogP contribution in [0.2, 0.25) is 0 Å². The molecule has 0 radical (unpaired) electrons. The topological polar surface area (TPSA) is 21.3 Å². The Morgan fingerprint density at radius 2 is 1.29 bits per heavy atom. The molecular formula is C49H37BN2OS2. The Kier molecular flexibility index (Phi) is 5.69. The van der Waals surface area contributed by atoms with Gasteiger partial charge >= 0.3 is 6.85 Å². The molecule has 0 N–H and O–H groups in total. The summed E-state index contributed by atoms with van der Waals surface area (Å²) in [4.78, 5) is 2.68. The van der Waals surface area contributed by atoms with E-state index in [2.05, 4.69) is 153 Å². The molecule has 0 saturated carbocycles. The molecule has 0 spiro atoms. The minimum Gasteiger partial charge on any atom is -0.456 e. The van der Waals surface area contributed by atoms with E-state index in [0.717, 1.165) is 11.2 Å². The van der Waals surface area contributed by atoms with Gasteiger partial charge in [-0.05, 0) is 99.5 Å². The van der Waals surface area contributed by atoms with Crippen LogP contribution in [0.4, 0.5) is 16.4 Å². The van der Waals surface area contributed by atoms with Crippen molar-refractivity contribution in [3.05, 3.63) is 126 Å². The number of rotatable bonds is 1. The minimum absolute atomic E-state index is 0.0216. The summed E-state index contributed by atoms with van der Waals surface area (Å²) < 4.78 is 13.7. The van der Waals surface area contributed by atoms with Crippen molar-refractivity contribution < 1.29 is 4.42 Å². The average molecular weight is 745 g/mol. The van der Waals surface area contributed by atoms with Crippen LogP contribution in [-0.4, -0.2) is 11.3 Å². The third kappa shape index (κ3) is 3.73. The summed E-state index contributed by atoms with van der Waals surface area (Å²) in [7, 11) is 0. The van der Waals surface area contributed by atoms with Crippen LogP contribution < -0.4 is 15.8 Å². The molecule has 1 aliphatic carbocycles. The standard InChI is InChI=1S/C49H37BN2OS2/c1-26-23-33-34(49(4,5)22-21-48(33,2)3)25-35(26)51-45-40-28-13-6-9-18-36(28)53-37(40)24-32-27-16-12-17-31-43(27)52(44-30-15-8-11-20-39(30)54-46(31)44)50(41(32)45)42-29-14-7-10-19-38(29)55-47(42)51/h6-20,23-25H,21-22H2,1-5H3. The molecule has 6 aromatic carbocycles. The molecule has 4 aromatic heterocycles. The van der Waals surface area contributed by atoms with Gasteiger partial charge in [0.2, 0.25) is 0 Å². The van der Waals surface area contributed by atoms with E-state index in [9.17, 15) is 0 Å². The van der Waals surface area contributed by atoms with Crippen molar-refractivity contribution in [3.63, 3.8) is 0 Å². The predicted octanol–water partition coefficient (Wildman–Crippen LogP) is 13.2. The summed E-state index contributed by atoms with van der Waals surface area (Å²) in [6.45, 7) is 12.1. The number of hydrogen-bond acceptors (Lipinski definition) is 4. The maximum Gasteiger partial charge on any atom is 0.334 e. The van der Waals surface area contributed by atoms with E-state index >= 15 is 0 Å². The number of para-hydroxylation sites is 2. The Morgan fingerprint density at radius 1 is 0.618 bits per heavy atom. The molecule has 0 bridgehead atoms. The van der Waals surface area contributed by atoms with Gasteiger partial charge in [0.15, 0.2) is 0 Å². The largest absolute Gasteiger partial charge is 0.456 e. The van der Waals surface area contributed by atoms with Gasteiger partial charge in [0, 0.05) is 36.6 Å². The molecular weight excluding hydrogens is 707 g/mol. The molecule has 0 saturated heterocycles. The van der Waals surface area contributed by atoms with Crippen LogP contribution in [0.5, 0.6) is 0 Å². The fourth-order valence-electron chi connectivity index (χ4n) is 10.8. The van der Waals surface area contributed by atoms with Gasteiger partial charge in [-0.3, -0.25) is 0 Å². The molecule has 13 rings (SSSR count). The highest BCUT2D eigenvalue weighted by molar-refractivity contribution is 7.27. The van der Waals surface area contributed by atoms with Crippen LogP contribution in [0.3, 0.4) is 0 Å². The molecule has 0 amide bonds. The third-order valence-corrected chi connectivity index (χ3v) is 15.9. The van der Waals surface area contributed by atoms with E-state index in [1.807, 2.05) is 22.7 Å². The SMILES string of the molecule is Cc1cc2c(cc1N1c3sc4ccccc4c3B3c4c(cc5oc6ccccc6c5c41)-c1cccc4c5sc6ccccc6c5n3c14)C(C)(C)CCC2(C)C. The Bertz CT molecular complexity index is 3370. The number of aryl methyl sites for hydroxylation is 1. The number of thiophene rings is 2. The number of benzene rings is 6. The van der Waals surface area contributed by atoms with Crippen molar-refractivity contribution in [3.8, 4) is 11.1 Å². The van der Waals surface area contributed by atoms with Gasteiger partial charge in [-0.15, -0.1) is 22.7 Å². The second kappa shape index (κ2) is 10.1. The fraction of sp³-hybridized carbons (Fsp3) is 0.184. The molecule has 6 heterocycles. The molecule has 10 aromatic rings. The zero-order valence-electron chi connectivity index (χ0n) is 31.5. The summed E-state index contributed by atoms with van der Waals surface area (Å²) in [6.07, 6.45) is 2.37. The first-order valence-corrected chi connectivity index (χ1v) is 21.2. The molecule has 6 heteroatoms. The van der Waals surface area contributed by atoms with Crippen LogP contribution >= 0.6 is 22.7 Å². The van der Waals surface area contributed by atoms with Gasteiger partial charge in [-0.1, -0.05) is 107 Å². The Balaban J connectivity index is 1.27. The fourth-order valence-corrected chi connectivity index (χ4v) is 13.3. The summed E-state index contributed by atoms with van der Waals surface area (Å²) >= 11 is 3.88. The van der Waals surface area contributed by atoms with E-state index in [1.54, 1.807) is 0 Å². The first-order valence-electron chi connectivity index (χ1n) is 19.6. The summed E-state index contributed by atoms with van der Waals surface area (Å²) in [5.41, 5.74) is 16.9. The number of nitrogens with zero attached hydrogens (tertiary/aromatic N) is 2. The zero-order valence-corrected chi connectivity index (χ0v) is 33.1. The summed E-state index contributed by atoms with van der Waals surface area (Å²) in [5.74, 6) is 0. The van der Waals surface area contributed by atoms with Gasteiger partial charge < -0.3 is 13.8 Å². The molecule has 55 heavy (non-hydrogen) atoms. The first-order chi connectivity index (χ1) is 26.7. The van der Waals surface area contributed by atoms with E-state index in [0.29, 0.717) is 0 Å². The van der Waals surface area contributed by atoms with Crippen molar-refractivity contribution in [2.24, 2.45) is 0 Å². The Morgan fingerprint density at radius 3 is 2.09 bits per heavy atom. The minimum atomic E-state index is -0.0216. The summed E-state index contributed by atoms with van der Waals surface area (Å²) in [6, 6.07) is 41.3. The van der Waals surface area contributed by atoms with Crippen molar-refractivity contribution in [2.75, 3.05) is 4.90 Å². The number of hydrogen-bond donors (Lipinski definition) is 0. The van der Waals surface area contributed by atoms with Crippen molar-refractivity contribution >= 4 is 120 Å². The van der Waals surface area contributed by atoms with Gasteiger partial charge in [-0.25, -0.2) is 0 Å². The quantitative estimate of drug-likeness (QED) is 0.156. The van der Waals surface area contributed by atoms with E-state index < -0.39 is 0 Å². The lowest BCUT2D eigenvalue weighted by Gasteiger charge is -2.44. The van der Waals surface area contributed by atoms with Crippen LogP contribution in [0.25, 0.3) is 74.4 Å². The number of fused-ring (bicyclic) bond motifs is 16. The maximum atomic E-state index is 6.89. The van der Waals surface area contributed by atoms with Gasteiger partial charge in [-0.2, -0.15) is 0 Å². The monoisotopic (exact) mass is 744 g/mol. The predicted molar refractivity (Wildman–Crippen MR) is 238 cm³/mol. The summed E-state index contributed by atoms with van der Waals surface area (Å²) in [5, 5.41) is 7.70. The van der Waals surface area contributed by atoms with Crippen LogP contribution in [-0.2, 0) is 10.8 Å². The molecule has 264 valence electrons. The molecule has 0 unspecified atom stereocenters. The molecule has 0 atom stereocenters. The van der Waals surface area contributed by atoms with Crippen LogP contribution in [0, 0.1) is 6.92 Å². The molecule has 0 fully saturated rings. The Labute approximate surface area is 327 Å². The Hall–Kier alpha value is -5.30. The second-order valence-electron chi connectivity index (χ2n) is 17.5. The van der Waals surface area contributed by atoms with Crippen molar-refractivity contribution in [1.29, 1.82) is 0 Å². The second-order valence-corrected chi connectivity index (χ2v) is 19.6. The van der Waals surface area contributed by atoms with Gasteiger partial charge in [0.25, 0.3) is 0 Å². The smallest absolute Gasteiger partial charge is 0.334 e. The van der Waals surface area contributed by atoms with E-state index in [1.165, 1.54) is 120 Å². The molecule has 2 aliphatic heterocycles. The van der Waals surface area contributed by atoms with E-state index in [4.69, 9.17) is 4.42 Å². The normalized spacial score (nSPS) is 16.5. The lowest BCUT2D eigenvalue weighted by atomic mass is 9.45. The van der Waals surface area contributed by atoms with Crippen molar-refractivity contribution in [1.82, 2.24) is 4.48 Å². The van der Waals surface area contributed by atoms with Gasteiger partial charge in [0.1, 0.15) is 11.2 Å². The highest BCUT2D eigenvalue weighted by atomic mass is 32.1. The maximum absolute atomic E-state index is 6.89. The first kappa shape index (κ1) is 31.0. The van der Waals surface area contributed by atoms with Crippen molar-refractivity contribution in [2.45, 2.75) is 58.3 Å².